The molecule has 1 saturated heterocycles. The van der Waals surface area contributed by atoms with Gasteiger partial charge in [0.25, 0.3) is 0 Å². The van der Waals surface area contributed by atoms with Crippen LogP contribution in [0.15, 0.2) is 24.4 Å². The molecule has 0 bridgehead atoms. The second-order valence-corrected chi connectivity index (χ2v) is 5.74. The molecule has 1 aromatic carbocycles. The number of halogens is 2. The van der Waals surface area contributed by atoms with Gasteiger partial charge in [-0.25, -0.2) is 4.39 Å². The summed E-state index contributed by atoms with van der Waals surface area (Å²) < 4.78 is 20.2. The largest absolute Gasteiger partial charge is 0.367 e. The summed E-state index contributed by atoms with van der Waals surface area (Å²) in [5, 5.41) is 0.999. The van der Waals surface area contributed by atoms with E-state index in [0.29, 0.717) is 22.6 Å². The Kier molecular flexibility index (Phi) is 3.88. The first-order chi connectivity index (χ1) is 10.5. The van der Waals surface area contributed by atoms with Crippen LogP contribution in [0.3, 0.4) is 0 Å². The summed E-state index contributed by atoms with van der Waals surface area (Å²) >= 11 is 6.05. The standard InChI is InChI=1S/C15H15ClFN3O2/c1-8-6-20(7-12(22-8)15(18)21)11-3-2-9-10(16)4-5-19-14(9)13(11)17/h2-5,8,12H,6-7H2,1H3,(H2,18,21)/t8-,12-/m1/s1. The molecule has 0 aliphatic carbocycles. The van der Waals surface area contributed by atoms with Gasteiger partial charge in [-0.3, -0.25) is 9.78 Å². The number of nitrogens with two attached hydrogens (primary N) is 1. The normalized spacial score (nSPS) is 22.0. The Morgan fingerprint density at radius 1 is 1.45 bits per heavy atom. The van der Waals surface area contributed by atoms with E-state index in [1.807, 2.05) is 6.92 Å². The molecule has 5 nitrogen and oxygen atoms in total. The number of hydrogen-bond acceptors (Lipinski definition) is 4. The van der Waals surface area contributed by atoms with Crippen LogP contribution in [0, 0.1) is 5.82 Å². The minimum atomic E-state index is -0.758. The minimum absolute atomic E-state index is 0.208. The lowest BCUT2D eigenvalue weighted by Crippen LogP contribution is -2.51. The second-order valence-electron chi connectivity index (χ2n) is 5.33. The number of aromatic nitrogens is 1. The molecular formula is C15H15ClFN3O2. The molecular weight excluding hydrogens is 309 g/mol. The zero-order valence-electron chi connectivity index (χ0n) is 11.9. The lowest BCUT2D eigenvalue weighted by atomic mass is 10.1. The highest BCUT2D eigenvalue weighted by molar-refractivity contribution is 6.35. The fourth-order valence-electron chi connectivity index (χ4n) is 2.69. The van der Waals surface area contributed by atoms with Crippen LogP contribution >= 0.6 is 11.6 Å². The molecule has 2 atom stereocenters. The highest BCUT2D eigenvalue weighted by Gasteiger charge is 2.30. The number of anilines is 1. The molecule has 1 amide bonds. The molecule has 1 aliphatic heterocycles. The summed E-state index contributed by atoms with van der Waals surface area (Å²) in [6.45, 7) is 2.49. The maximum Gasteiger partial charge on any atom is 0.248 e. The first-order valence-electron chi connectivity index (χ1n) is 6.90. The number of rotatable bonds is 2. The molecule has 3 rings (SSSR count). The molecule has 22 heavy (non-hydrogen) atoms. The fourth-order valence-corrected chi connectivity index (χ4v) is 2.90. The molecule has 1 fully saturated rings. The highest BCUT2D eigenvalue weighted by atomic mass is 35.5. The van der Waals surface area contributed by atoms with Crippen LogP contribution in [0.5, 0.6) is 0 Å². The van der Waals surface area contributed by atoms with Crippen molar-refractivity contribution >= 4 is 34.1 Å². The molecule has 2 aromatic rings. The quantitative estimate of drug-likeness (QED) is 0.919. The Balaban J connectivity index is 2.02. The van der Waals surface area contributed by atoms with Crippen molar-refractivity contribution in [1.29, 1.82) is 0 Å². The van der Waals surface area contributed by atoms with E-state index in [9.17, 15) is 9.18 Å². The molecule has 2 heterocycles. The SMILES string of the molecule is C[C@@H]1CN(c2ccc3c(Cl)ccnc3c2F)C[C@H](C(N)=O)O1. The van der Waals surface area contributed by atoms with E-state index in [1.165, 1.54) is 6.20 Å². The molecule has 0 saturated carbocycles. The van der Waals surface area contributed by atoms with Crippen molar-refractivity contribution in [3.05, 3.63) is 35.2 Å². The molecule has 116 valence electrons. The number of hydrogen-bond donors (Lipinski definition) is 1. The van der Waals surface area contributed by atoms with Crippen molar-refractivity contribution in [2.24, 2.45) is 5.73 Å². The predicted molar refractivity (Wildman–Crippen MR) is 82.5 cm³/mol. The zero-order valence-corrected chi connectivity index (χ0v) is 12.7. The van der Waals surface area contributed by atoms with Gasteiger partial charge in [0, 0.05) is 18.1 Å². The van der Waals surface area contributed by atoms with Crippen molar-refractivity contribution < 1.29 is 13.9 Å². The summed E-state index contributed by atoms with van der Waals surface area (Å²) in [5.41, 5.74) is 5.88. The van der Waals surface area contributed by atoms with E-state index < -0.39 is 17.8 Å². The van der Waals surface area contributed by atoms with Gasteiger partial charge in [-0.2, -0.15) is 0 Å². The van der Waals surface area contributed by atoms with Gasteiger partial charge in [0.2, 0.25) is 5.91 Å². The van der Waals surface area contributed by atoms with Crippen LogP contribution in [-0.2, 0) is 9.53 Å². The molecule has 0 spiro atoms. The number of carbonyl (C=O) groups excluding carboxylic acids is 1. The van der Waals surface area contributed by atoms with Gasteiger partial charge in [-0.15, -0.1) is 0 Å². The van der Waals surface area contributed by atoms with Crippen LogP contribution in [0.25, 0.3) is 10.9 Å². The summed E-state index contributed by atoms with van der Waals surface area (Å²) in [6, 6.07) is 4.98. The number of nitrogens with zero attached hydrogens (tertiary/aromatic N) is 2. The summed E-state index contributed by atoms with van der Waals surface area (Å²) in [6.07, 6.45) is 0.478. The monoisotopic (exact) mass is 323 g/mol. The Hall–Kier alpha value is -1.92. The van der Waals surface area contributed by atoms with Gasteiger partial charge in [-0.05, 0) is 25.1 Å². The van der Waals surface area contributed by atoms with E-state index in [2.05, 4.69) is 4.98 Å². The van der Waals surface area contributed by atoms with Crippen molar-refractivity contribution in [2.75, 3.05) is 18.0 Å². The topological polar surface area (TPSA) is 68.5 Å². The number of carbonyl (C=O) groups is 1. The summed E-state index contributed by atoms with van der Waals surface area (Å²) in [5.74, 6) is -1.02. The third-order valence-corrected chi connectivity index (χ3v) is 4.03. The molecule has 0 unspecified atom stereocenters. The van der Waals surface area contributed by atoms with Crippen molar-refractivity contribution in [1.82, 2.24) is 4.98 Å². The average molecular weight is 324 g/mol. The van der Waals surface area contributed by atoms with Gasteiger partial charge >= 0.3 is 0 Å². The van der Waals surface area contributed by atoms with Crippen LogP contribution in [0.1, 0.15) is 6.92 Å². The molecule has 1 aliphatic rings. The second kappa shape index (κ2) is 5.70. The highest BCUT2D eigenvalue weighted by Crippen LogP contribution is 2.31. The number of benzene rings is 1. The van der Waals surface area contributed by atoms with E-state index in [4.69, 9.17) is 22.1 Å². The van der Waals surface area contributed by atoms with Crippen LogP contribution in [0.4, 0.5) is 10.1 Å². The smallest absolute Gasteiger partial charge is 0.248 e. The third-order valence-electron chi connectivity index (χ3n) is 3.70. The predicted octanol–water partition coefficient (Wildman–Crippen LogP) is 2.11. The average Bonchev–Trinajstić information content (AvgIpc) is 2.48. The number of amides is 1. The first-order valence-corrected chi connectivity index (χ1v) is 7.27. The van der Waals surface area contributed by atoms with Gasteiger partial charge < -0.3 is 15.4 Å². The van der Waals surface area contributed by atoms with E-state index in [0.717, 1.165) is 0 Å². The fraction of sp³-hybridized carbons (Fsp3) is 0.333. The number of morpholine rings is 1. The van der Waals surface area contributed by atoms with Crippen LogP contribution < -0.4 is 10.6 Å². The van der Waals surface area contributed by atoms with Crippen molar-refractivity contribution in [3.63, 3.8) is 0 Å². The minimum Gasteiger partial charge on any atom is -0.367 e. The number of primary amides is 1. The summed E-state index contributed by atoms with van der Waals surface area (Å²) in [7, 11) is 0. The van der Waals surface area contributed by atoms with Gasteiger partial charge in [0.15, 0.2) is 11.9 Å². The van der Waals surface area contributed by atoms with Gasteiger partial charge in [0.05, 0.1) is 23.4 Å². The molecule has 7 heteroatoms. The van der Waals surface area contributed by atoms with Crippen LogP contribution in [-0.4, -0.2) is 36.2 Å². The van der Waals surface area contributed by atoms with Crippen molar-refractivity contribution in [2.45, 2.75) is 19.1 Å². The Bertz CT molecular complexity index is 740. The van der Waals surface area contributed by atoms with Crippen molar-refractivity contribution in [3.8, 4) is 0 Å². The maximum atomic E-state index is 14.8. The van der Waals surface area contributed by atoms with Gasteiger partial charge in [0.1, 0.15) is 5.52 Å². The Morgan fingerprint density at radius 2 is 2.23 bits per heavy atom. The lowest BCUT2D eigenvalue weighted by Gasteiger charge is -2.37. The Labute approximate surface area is 131 Å². The number of ether oxygens (including phenoxy) is 1. The first kappa shape index (κ1) is 15.0. The molecule has 2 N–H and O–H groups in total. The number of pyridine rings is 1. The van der Waals surface area contributed by atoms with E-state index in [1.54, 1.807) is 23.1 Å². The molecule has 1 aromatic heterocycles. The zero-order chi connectivity index (χ0) is 15.9. The summed E-state index contributed by atoms with van der Waals surface area (Å²) in [4.78, 5) is 17.2. The van der Waals surface area contributed by atoms with E-state index >= 15 is 0 Å². The number of fused-ring (bicyclic) bond motifs is 1. The molecule has 0 radical (unpaired) electrons. The maximum absolute atomic E-state index is 14.8. The third kappa shape index (κ3) is 2.60. The van der Waals surface area contributed by atoms with E-state index in [-0.39, 0.29) is 18.2 Å². The van der Waals surface area contributed by atoms with Gasteiger partial charge in [-0.1, -0.05) is 11.6 Å². The Morgan fingerprint density at radius 3 is 2.95 bits per heavy atom. The lowest BCUT2D eigenvalue weighted by molar-refractivity contribution is -0.133. The van der Waals surface area contributed by atoms with Crippen LogP contribution in [0.2, 0.25) is 5.02 Å².